The standard InChI is InChI=1S/C44H34N4O2/c1-49-37-29-17-15-27-35(37)43-45-41(33-23-11-5-12-24-33)42(34-25-13-6-14-26-34)48(43)44(36-28-16-18-30-38(36)50-2)46-39(31-19-7-3-8-20-31)40(47-44)32-21-9-4-10-22-32/h3-30H,1-2H3. The zero-order valence-electron chi connectivity index (χ0n) is 27.8. The van der Waals surface area contributed by atoms with E-state index in [0.29, 0.717) is 17.3 Å². The Morgan fingerprint density at radius 3 is 1.44 bits per heavy atom. The summed E-state index contributed by atoms with van der Waals surface area (Å²) in [4.78, 5) is 17.0. The number of aliphatic imine (C=N–C) groups is 2. The van der Waals surface area contributed by atoms with E-state index >= 15 is 0 Å². The second kappa shape index (κ2) is 13.2. The van der Waals surface area contributed by atoms with Crippen LogP contribution in [0.25, 0.3) is 33.9 Å². The molecule has 6 aromatic carbocycles. The van der Waals surface area contributed by atoms with Crippen LogP contribution in [0.5, 0.6) is 11.5 Å². The maximum Gasteiger partial charge on any atom is 0.265 e. The highest BCUT2D eigenvalue weighted by atomic mass is 16.5. The van der Waals surface area contributed by atoms with E-state index in [1.54, 1.807) is 14.2 Å². The van der Waals surface area contributed by atoms with Gasteiger partial charge in [-0.2, -0.15) is 0 Å². The molecule has 242 valence electrons. The summed E-state index contributed by atoms with van der Waals surface area (Å²) in [6.07, 6.45) is 0. The molecule has 50 heavy (non-hydrogen) atoms. The highest BCUT2D eigenvalue weighted by Gasteiger charge is 2.47. The highest BCUT2D eigenvalue weighted by molar-refractivity contribution is 6.54. The molecule has 2 heterocycles. The molecule has 0 saturated heterocycles. The average Bonchev–Trinajstić information content (AvgIpc) is 3.80. The smallest absolute Gasteiger partial charge is 0.265 e. The molecular weight excluding hydrogens is 617 g/mol. The van der Waals surface area contributed by atoms with Gasteiger partial charge in [0.05, 0.1) is 48.2 Å². The molecule has 6 heteroatoms. The minimum absolute atomic E-state index is 0.653. The van der Waals surface area contributed by atoms with Crippen molar-refractivity contribution < 1.29 is 9.47 Å². The molecule has 0 spiro atoms. The number of rotatable bonds is 9. The Bertz CT molecular complexity index is 2280. The number of imidazole rings is 1. The van der Waals surface area contributed by atoms with Crippen molar-refractivity contribution >= 4 is 11.4 Å². The maximum absolute atomic E-state index is 6.12. The largest absolute Gasteiger partial charge is 0.496 e. The first-order valence-electron chi connectivity index (χ1n) is 16.5. The second-order valence-electron chi connectivity index (χ2n) is 11.9. The summed E-state index contributed by atoms with van der Waals surface area (Å²) in [5.41, 5.74) is 8.61. The molecule has 6 nitrogen and oxygen atoms in total. The minimum atomic E-state index is -1.40. The summed E-state index contributed by atoms with van der Waals surface area (Å²) in [7, 11) is 3.37. The molecule has 1 aromatic heterocycles. The van der Waals surface area contributed by atoms with Crippen LogP contribution in [0.1, 0.15) is 16.7 Å². The Labute approximate surface area is 291 Å². The Balaban J connectivity index is 1.60. The molecule has 0 atom stereocenters. The Morgan fingerprint density at radius 2 is 0.900 bits per heavy atom. The van der Waals surface area contributed by atoms with E-state index in [-0.39, 0.29) is 0 Å². The van der Waals surface area contributed by atoms with Crippen molar-refractivity contribution in [1.29, 1.82) is 0 Å². The zero-order valence-corrected chi connectivity index (χ0v) is 27.8. The van der Waals surface area contributed by atoms with Crippen molar-refractivity contribution in [2.75, 3.05) is 14.2 Å². The van der Waals surface area contributed by atoms with Gasteiger partial charge < -0.3 is 9.47 Å². The summed E-state index contributed by atoms with van der Waals surface area (Å²) >= 11 is 0. The Kier molecular flexibility index (Phi) is 8.11. The van der Waals surface area contributed by atoms with Crippen LogP contribution >= 0.6 is 0 Å². The zero-order chi connectivity index (χ0) is 33.9. The lowest BCUT2D eigenvalue weighted by Gasteiger charge is -2.31. The quantitative estimate of drug-likeness (QED) is 0.156. The van der Waals surface area contributed by atoms with Gasteiger partial charge in [0.25, 0.3) is 5.79 Å². The van der Waals surface area contributed by atoms with Gasteiger partial charge in [0.2, 0.25) is 0 Å². The van der Waals surface area contributed by atoms with Crippen molar-refractivity contribution in [3.63, 3.8) is 0 Å². The van der Waals surface area contributed by atoms with Gasteiger partial charge in [-0.25, -0.2) is 15.0 Å². The van der Waals surface area contributed by atoms with Crippen LogP contribution in [0.15, 0.2) is 180 Å². The van der Waals surface area contributed by atoms with Gasteiger partial charge in [-0.15, -0.1) is 0 Å². The van der Waals surface area contributed by atoms with Gasteiger partial charge in [0.15, 0.2) is 0 Å². The van der Waals surface area contributed by atoms with Crippen LogP contribution in [0.2, 0.25) is 0 Å². The molecule has 1 aliphatic heterocycles. The second-order valence-corrected chi connectivity index (χ2v) is 11.9. The van der Waals surface area contributed by atoms with Crippen molar-refractivity contribution in [1.82, 2.24) is 9.55 Å². The van der Waals surface area contributed by atoms with Crippen LogP contribution < -0.4 is 9.47 Å². The molecule has 0 N–H and O–H groups in total. The topological polar surface area (TPSA) is 61.0 Å². The van der Waals surface area contributed by atoms with Crippen LogP contribution in [0, 0.1) is 0 Å². The Hall–Kier alpha value is -6.53. The first-order chi connectivity index (χ1) is 24.7. The molecule has 0 aliphatic carbocycles. The van der Waals surface area contributed by atoms with E-state index in [4.69, 9.17) is 24.4 Å². The molecule has 0 amide bonds. The number of hydrogen-bond acceptors (Lipinski definition) is 5. The summed E-state index contributed by atoms with van der Waals surface area (Å²) in [5, 5.41) is 0. The van der Waals surface area contributed by atoms with Crippen molar-refractivity contribution in [3.8, 4) is 45.4 Å². The highest BCUT2D eigenvalue weighted by Crippen LogP contribution is 2.49. The van der Waals surface area contributed by atoms with Crippen LogP contribution in [0.3, 0.4) is 0 Å². The predicted octanol–water partition coefficient (Wildman–Crippen LogP) is 9.55. The van der Waals surface area contributed by atoms with Gasteiger partial charge in [0.1, 0.15) is 17.3 Å². The van der Waals surface area contributed by atoms with Crippen LogP contribution in [-0.2, 0) is 5.79 Å². The number of methoxy groups -OCH3 is 2. The van der Waals surface area contributed by atoms with Crippen molar-refractivity contribution in [2.24, 2.45) is 9.98 Å². The molecule has 1 aliphatic rings. The van der Waals surface area contributed by atoms with E-state index in [1.807, 2.05) is 121 Å². The molecule has 0 bridgehead atoms. The fourth-order valence-corrected chi connectivity index (χ4v) is 6.69. The monoisotopic (exact) mass is 650 g/mol. The lowest BCUT2D eigenvalue weighted by atomic mass is 10.0. The number of aromatic nitrogens is 2. The summed E-state index contributed by atoms with van der Waals surface area (Å²) in [6, 6.07) is 57.0. The fraction of sp³-hybridized carbons (Fsp3) is 0.0682. The maximum atomic E-state index is 6.12. The average molecular weight is 651 g/mol. The van der Waals surface area contributed by atoms with E-state index in [9.17, 15) is 0 Å². The molecule has 8 rings (SSSR count). The van der Waals surface area contributed by atoms with Gasteiger partial charge in [-0.05, 0) is 24.3 Å². The molecule has 0 fully saturated rings. The van der Waals surface area contributed by atoms with E-state index in [2.05, 4.69) is 53.1 Å². The molecular formula is C44H34N4O2. The summed E-state index contributed by atoms with van der Waals surface area (Å²) in [6.45, 7) is 0. The third kappa shape index (κ3) is 5.28. The first kappa shape index (κ1) is 30.8. The molecule has 0 saturated carbocycles. The van der Waals surface area contributed by atoms with E-state index in [1.165, 1.54) is 0 Å². The number of para-hydroxylation sites is 2. The lowest BCUT2D eigenvalue weighted by molar-refractivity contribution is 0.359. The van der Waals surface area contributed by atoms with Crippen LogP contribution in [0.4, 0.5) is 0 Å². The lowest BCUT2D eigenvalue weighted by Crippen LogP contribution is -2.32. The number of nitrogens with zero attached hydrogens (tertiary/aromatic N) is 4. The van der Waals surface area contributed by atoms with Crippen LogP contribution in [-0.4, -0.2) is 35.2 Å². The van der Waals surface area contributed by atoms with E-state index in [0.717, 1.165) is 56.2 Å². The fourth-order valence-electron chi connectivity index (χ4n) is 6.69. The number of ether oxygens (including phenoxy) is 2. The van der Waals surface area contributed by atoms with E-state index < -0.39 is 5.79 Å². The molecule has 0 unspecified atom stereocenters. The molecule has 7 aromatic rings. The Morgan fingerprint density at radius 1 is 0.460 bits per heavy atom. The van der Waals surface area contributed by atoms with Gasteiger partial charge in [-0.1, -0.05) is 146 Å². The normalized spacial score (nSPS) is 13.4. The summed E-state index contributed by atoms with van der Waals surface area (Å²) < 4.78 is 14.3. The predicted molar refractivity (Wildman–Crippen MR) is 201 cm³/mol. The minimum Gasteiger partial charge on any atom is -0.496 e. The van der Waals surface area contributed by atoms with Crippen molar-refractivity contribution in [3.05, 3.63) is 187 Å². The first-order valence-corrected chi connectivity index (χ1v) is 16.5. The summed E-state index contributed by atoms with van der Waals surface area (Å²) in [5.74, 6) is 0.595. The SMILES string of the molecule is COc1ccccc1-c1nc(-c2ccccc2)c(-c2ccccc2)n1C1(c2ccccc2OC)N=C(c2ccccc2)C(c2ccccc2)=N1. The van der Waals surface area contributed by atoms with Crippen molar-refractivity contribution in [2.45, 2.75) is 5.79 Å². The van der Waals surface area contributed by atoms with Gasteiger partial charge >= 0.3 is 0 Å². The number of hydrogen-bond donors (Lipinski definition) is 0. The molecule has 0 radical (unpaired) electrons. The third-order valence-corrected chi connectivity index (χ3v) is 8.95. The third-order valence-electron chi connectivity index (χ3n) is 8.95. The van der Waals surface area contributed by atoms with Gasteiger partial charge in [0, 0.05) is 22.3 Å². The number of benzene rings is 6. The van der Waals surface area contributed by atoms with Gasteiger partial charge in [-0.3, -0.25) is 4.57 Å².